The molecule has 1 aromatic carbocycles. The Labute approximate surface area is 127 Å². The first-order valence-electron chi connectivity index (χ1n) is 7.09. The molecule has 1 saturated heterocycles. The summed E-state index contributed by atoms with van der Waals surface area (Å²) in [6, 6.07) is 4.62. The zero-order chi connectivity index (χ0) is 15.9. The third-order valence-electron chi connectivity index (χ3n) is 4.29. The number of nitrogens with zero attached hydrogens (tertiary/aromatic N) is 1. The number of halogens is 1. The molecule has 1 heterocycles. The van der Waals surface area contributed by atoms with Gasteiger partial charge < -0.3 is 15.2 Å². The fourth-order valence-electron chi connectivity index (χ4n) is 2.85. The van der Waals surface area contributed by atoms with E-state index >= 15 is 0 Å². The average Bonchev–Trinajstić information content (AvgIpc) is 2.81. The number of amides is 2. The molecule has 0 spiro atoms. The standard InChI is InChI=1S/C15H17FN2O4/c1-21-10-4-8(5-10)11-3-2-9(6-12(11)16)18-7-13(14(17)19)22-15(18)20/h2-3,6,8,10,13H,4-5,7H2,1H3,(H2,17,19)/t8?,10?,13-/m1/s1. The second-order valence-corrected chi connectivity index (χ2v) is 5.62. The molecule has 1 saturated carbocycles. The monoisotopic (exact) mass is 308 g/mol. The van der Waals surface area contributed by atoms with Gasteiger partial charge in [-0.2, -0.15) is 0 Å². The van der Waals surface area contributed by atoms with Gasteiger partial charge in [-0.1, -0.05) is 6.07 Å². The van der Waals surface area contributed by atoms with Gasteiger partial charge in [0.05, 0.1) is 18.3 Å². The molecule has 118 valence electrons. The number of primary amides is 1. The lowest BCUT2D eigenvalue weighted by atomic mass is 9.77. The van der Waals surface area contributed by atoms with Gasteiger partial charge in [-0.05, 0) is 36.5 Å². The van der Waals surface area contributed by atoms with Crippen LogP contribution in [0.1, 0.15) is 24.3 Å². The van der Waals surface area contributed by atoms with Gasteiger partial charge in [0.15, 0.2) is 6.10 Å². The first-order valence-corrected chi connectivity index (χ1v) is 7.09. The first kappa shape index (κ1) is 14.8. The molecule has 1 aliphatic heterocycles. The lowest BCUT2D eigenvalue weighted by molar-refractivity contribution is -0.124. The molecule has 2 fully saturated rings. The quantitative estimate of drug-likeness (QED) is 0.914. The van der Waals surface area contributed by atoms with Gasteiger partial charge in [-0.25, -0.2) is 9.18 Å². The Morgan fingerprint density at radius 3 is 2.73 bits per heavy atom. The normalized spacial score (nSPS) is 27.5. The second kappa shape index (κ2) is 5.57. The molecule has 1 aromatic rings. The molecular weight excluding hydrogens is 291 g/mol. The number of hydrogen-bond acceptors (Lipinski definition) is 4. The molecular formula is C15H17FN2O4. The molecule has 2 amide bonds. The van der Waals surface area contributed by atoms with Crippen molar-refractivity contribution < 1.29 is 23.5 Å². The van der Waals surface area contributed by atoms with Crippen molar-refractivity contribution >= 4 is 17.7 Å². The molecule has 0 radical (unpaired) electrons. The SMILES string of the molecule is COC1CC(c2ccc(N3C[C@H](C(N)=O)OC3=O)cc2F)C1. The van der Waals surface area contributed by atoms with E-state index in [9.17, 15) is 14.0 Å². The van der Waals surface area contributed by atoms with Crippen molar-refractivity contribution in [2.75, 3.05) is 18.6 Å². The molecule has 0 bridgehead atoms. The minimum atomic E-state index is -0.996. The molecule has 22 heavy (non-hydrogen) atoms. The number of methoxy groups -OCH3 is 1. The Hall–Kier alpha value is -2.15. The minimum absolute atomic E-state index is 0.00211. The van der Waals surface area contributed by atoms with Crippen molar-refractivity contribution in [1.82, 2.24) is 0 Å². The van der Waals surface area contributed by atoms with Gasteiger partial charge in [0, 0.05) is 7.11 Å². The number of benzene rings is 1. The number of carbonyl (C=O) groups is 2. The van der Waals surface area contributed by atoms with Gasteiger partial charge in [0.25, 0.3) is 5.91 Å². The maximum absolute atomic E-state index is 14.3. The van der Waals surface area contributed by atoms with Crippen LogP contribution >= 0.6 is 0 Å². The summed E-state index contributed by atoms with van der Waals surface area (Å²) in [6.07, 6.45) is 0.0854. The Morgan fingerprint density at radius 2 is 2.18 bits per heavy atom. The summed E-state index contributed by atoms with van der Waals surface area (Å²) < 4.78 is 24.3. The smallest absolute Gasteiger partial charge is 0.415 e. The molecule has 7 heteroatoms. The molecule has 0 unspecified atom stereocenters. The highest BCUT2D eigenvalue weighted by molar-refractivity contribution is 5.95. The zero-order valence-electron chi connectivity index (χ0n) is 12.1. The van der Waals surface area contributed by atoms with Gasteiger partial charge in [0.1, 0.15) is 5.82 Å². The Bertz CT molecular complexity index is 616. The molecule has 3 rings (SSSR count). The van der Waals surface area contributed by atoms with Crippen LogP contribution in [0.3, 0.4) is 0 Å². The molecule has 2 N–H and O–H groups in total. The Balaban J connectivity index is 1.75. The van der Waals surface area contributed by atoms with Crippen molar-refractivity contribution in [3.8, 4) is 0 Å². The number of hydrogen-bond donors (Lipinski definition) is 1. The van der Waals surface area contributed by atoms with E-state index < -0.39 is 18.1 Å². The predicted octanol–water partition coefficient (Wildman–Crippen LogP) is 1.53. The number of rotatable bonds is 4. The van der Waals surface area contributed by atoms with Crippen LogP contribution in [0, 0.1) is 5.82 Å². The summed E-state index contributed by atoms with van der Waals surface area (Å²) in [5.74, 6) is -0.941. The highest BCUT2D eigenvalue weighted by atomic mass is 19.1. The molecule has 6 nitrogen and oxygen atoms in total. The summed E-state index contributed by atoms with van der Waals surface area (Å²) >= 11 is 0. The number of nitrogens with two attached hydrogens (primary N) is 1. The van der Waals surface area contributed by atoms with E-state index in [2.05, 4.69) is 0 Å². The first-order chi connectivity index (χ1) is 10.5. The lowest BCUT2D eigenvalue weighted by Crippen LogP contribution is -2.32. The van der Waals surface area contributed by atoms with Gasteiger partial charge in [0.2, 0.25) is 0 Å². The third-order valence-corrected chi connectivity index (χ3v) is 4.29. The topological polar surface area (TPSA) is 81.9 Å². The predicted molar refractivity (Wildman–Crippen MR) is 76.0 cm³/mol. The minimum Gasteiger partial charge on any atom is -0.434 e. The molecule has 2 aliphatic rings. The summed E-state index contributed by atoms with van der Waals surface area (Å²) in [6.45, 7) is 0.00211. The fourth-order valence-corrected chi connectivity index (χ4v) is 2.85. The molecule has 1 atom stereocenters. The summed E-state index contributed by atoms with van der Waals surface area (Å²) in [5, 5.41) is 0. The van der Waals surface area contributed by atoms with E-state index in [1.165, 1.54) is 11.0 Å². The fraction of sp³-hybridized carbons (Fsp3) is 0.467. The molecule has 1 aliphatic carbocycles. The zero-order valence-corrected chi connectivity index (χ0v) is 12.1. The highest BCUT2D eigenvalue weighted by Crippen LogP contribution is 2.40. The summed E-state index contributed by atoms with van der Waals surface area (Å²) in [7, 11) is 1.65. The maximum atomic E-state index is 14.3. The average molecular weight is 308 g/mol. The van der Waals surface area contributed by atoms with Crippen molar-refractivity contribution in [2.45, 2.75) is 31.0 Å². The van der Waals surface area contributed by atoms with Gasteiger partial charge in [-0.3, -0.25) is 9.69 Å². The maximum Gasteiger partial charge on any atom is 0.415 e. The highest BCUT2D eigenvalue weighted by Gasteiger charge is 2.37. The number of carbonyl (C=O) groups excluding carboxylic acids is 2. The summed E-state index contributed by atoms with van der Waals surface area (Å²) in [5.41, 5.74) is 6.10. The molecule has 0 aromatic heterocycles. The van der Waals surface area contributed by atoms with Crippen molar-refractivity contribution in [3.05, 3.63) is 29.6 Å². The van der Waals surface area contributed by atoms with Crippen LogP contribution in [-0.4, -0.2) is 37.9 Å². The van der Waals surface area contributed by atoms with Gasteiger partial charge >= 0.3 is 6.09 Å². The largest absolute Gasteiger partial charge is 0.434 e. The second-order valence-electron chi connectivity index (χ2n) is 5.62. The van der Waals surface area contributed by atoms with Crippen LogP contribution in [0.5, 0.6) is 0 Å². The van der Waals surface area contributed by atoms with Crippen molar-refractivity contribution in [2.24, 2.45) is 5.73 Å². The van der Waals surface area contributed by atoms with Crippen LogP contribution in [0.2, 0.25) is 0 Å². The van der Waals surface area contributed by atoms with E-state index in [1.807, 2.05) is 0 Å². The van der Waals surface area contributed by atoms with Crippen LogP contribution < -0.4 is 10.6 Å². The number of anilines is 1. The van der Waals surface area contributed by atoms with E-state index in [1.54, 1.807) is 19.2 Å². The van der Waals surface area contributed by atoms with Crippen LogP contribution in [0.15, 0.2) is 18.2 Å². The van der Waals surface area contributed by atoms with E-state index in [0.717, 1.165) is 12.8 Å². The Morgan fingerprint density at radius 1 is 1.45 bits per heavy atom. The van der Waals surface area contributed by atoms with Crippen LogP contribution in [-0.2, 0) is 14.3 Å². The van der Waals surface area contributed by atoms with Crippen molar-refractivity contribution in [3.63, 3.8) is 0 Å². The van der Waals surface area contributed by atoms with E-state index in [0.29, 0.717) is 11.3 Å². The van der Waals surface area contributed by atoms with E-state index in [4.69, 9.17) is 15.2 Å². The summed E-state index contributed by atoms with van der Waals surface area (Å²) in [4.78, 5) is 24.0. The van der Waals surface area contributed by atoms with Crippen molar-refractivity contribution in [1.29, 1.82) is 0 Å². The Kier molecular flexibility index (Phi) is 3.74. The van der Waals surface area contributed by atoms with Crippen LogP contribution in [0.4, 0.5) is 14.9 Å². The number of cyclic esters (lactones) is 1. The van der Waals surface area contributed by atoms with Crippen LogP contribution in [0.25, 0.3) is 0 Å². The third kappa shape index (κ3) is 2.52. The van der Waals surface area contributed by atoms with E-state index in [-0.39, 0.29) is 24.4 Å². The number of ether oxygens (including phenoxy) is 2. The van der Waals surface area contributed by atoms with Gasteiger partial charge in [-0.15, -0.1) is 0 Å². The lowest BCUT2D eigenvalue weighted by Gasteiger charge is -2.34.